The minimum Gasteiger partial charge on any atom is -0.508 e. The molecule has 0 spiro atoms. The number of para-hydroxylation sites is 1. The highest BCUT2D eigenvalue weighted by molar-refractivity contribution is 6.34. The number of rotatable bonds is 3. The summed E-state index contributed by atoms with van der Waals surface area (Å²) in [7, 11) is 0. The third kappa shape index (κ3) is 3.09. The molecule has 2 N–H and O–H groups in total. The van der Waals surface area contributed by atoms with Gasteiger partial charge in [-0.1, -0.05) is 17.7 Å². The molecule has 108 valence electrons. The predicted octanol–water partition coefficient (Wildman–Crippen LogP) is 3.35. The maximum atomic E-state index is 13.6. The first-order chi connectivity index (χ1) is 9.90. The average molecular weight is 311 g/mol. The number of hydrogen-bond acceptors (Lipinski definition) is 4. The van der Waals surface area contributed by atoms with Crippen molar-refractivity contribution in [1.82, 2.24) is 0 Å². The van der Waals surface area contributed by atoms with Gasteiger partial charge in [0.2, 0.25) is 0 Å². The molecule has 0 saturated carbocycles. The first kappa shape index (κ1) is 14.7. The average Bonchev–Trinajstić information content (AvgIpc) is 2.42. The molecule has 8 heteroatoms. The number of carbonyl (C=O) groups is 1. The Hall–Kier alpha value is -2.67. The summed E-state index contributed by atoms with van der Waals surface area (Å²) in [6.07, 6.45) is 0. The number of aromatic hydroxyl groups is 1. The van der Waals surface area contributed by atoms with Crippen molar-refractivity contribution in [2.75, 3.05) is 5.32 Å². The van der Waals surface area contributed by atoms with E-state index >= 15 is 0 Å². The van der Waals surface area contributed by atoms with Gasteiger partial charge in [-0.05, 0) is 24.3 Å². The van der Waals surface area contributed by atoms with Gasteiger partial charge in [-0.3, -0.25) is 14.9 Å². The minimum atomic E-state index is -0.954. The van der Waals surface area contributed by atoms with Crippen LogP contribution in [-0.2, 0) is 0 Å². The molecule has 0 atom stereocenters. The van der Waals surface area contributed by atoms with E-state index in [0.717, 1.165) is 24.3 Å². The standard InChI is InChI=1S/C13H8ClFN2O4/c14-9-2-1-3-10(15)12(9)16-13(19)8-6-7(18)4-5-11(8)17(20)21/h1-6,18H,(H,16,19). The topological polar surface area (TPSA) is 92.5 Å². The van der Waals surface area contributed by atoms with Gasteiger partial charge in [0.1, 0.15) is 17.1 Å². The molecule has 0 aromatic heterocycles. The number of phenolic OH excluding ortho intramolecular Hbond substituents is 1. The highest BCUT2D eigenvalue weighted by atomic mass is 35.5. The van der Waals surface area contributed by atoms with Crippen molar-refractivity contribution in [2.45, 2.75) is 0 Å². The van der Waals surface area contributed by atoms with Gasteiger partial charge < -0.3 is 10.4 Å². The van der Waals surface area contributed by atoms with Gasteiger partial charge in [0.15, 0.2) is 0 Å². The molecule has 0 unspecified atom stereocenters. The number of benzene rings is 2. The fraction of sp³-hybridized carbons (Fsp3) is 0. The van der Waals surface area contributed by atoms with E-state index in [4.69, 9.17) is 11.6 Å². The van der Waals surface area contributed by atoms with E-state index in [1.54, 1.807) is 0 Å². The van der Waals surface area contributed by atoms with E-state index in [1.807, 2.05) is 0 Å². The zero-order valence-corrected chi connectivity index (χ0v) is 11.1. The number of hydrogen-bond donors (Lipinski definition) is 2. The van der Waals surface area contributed by atoms with Gasteiger partial charge in [-0.2, -0.15) is 0 Å². The second-order valence-electron chi connectivity index (χ2n) is 4.01. The lowest BCUT2D eigenvalue weighted by molar-refractivity contribution is -0.385. The molecular weight excluding hydrogens is 303 g/mol. The van der Waals surface area contributed by atoms with Crippen molar-refractivity contribution in [1.29, 1.82) is 0 Å². The maximum Gasteiger partial charge on any atom is 0.282 e. The largest absolute Gasteiger partial charge is 0.508 e. The molecule has 0 bridgehead atoms. The zero-order valence-electron chi connectivity index (χ0n) is 10.3. The van der Waals surface area contributed by atoms with E-state index in [9.17, 15) is 24.4 Å². The van der Waals surface area contributed by atoms with Gasteiger partial charge in [-0.15, -0.1) is 0 Å². The van der Waals surface area contributed by atoms with Crippen LogP contribution in [-0.4, -0.2) is 15.9 Å². The molecule has 0 saturated heterocycles. The van der Waals surface area contributed by atoms with Crippen LogP contribution >= 0.6 is 11.6 Å². The number of phenols is 1. The van der Waals surface area contributed by atoms with Crippen LogP contribution in [0.3, 0.4) is 0 Å². The van der Waals surface area contributed by atoms with Crippen molar-refractivity contribution in [3.8, 4) is 5.75 Å². The Morgan fingerprint density at radius 2 is 2.05 bits per heavy atom. The SMILES string of the molecule is O=C(Nc1c(F)cccc1Cl)c1cc(O)ccc1[N+](=O)[O-]. The van der Waals surface area contributed by atoms with Gasteiger partial charge >= 0.3 is 0 Å². The molecule has 2 aromatic rings. The lowest BCUT2D eigenvalue weighted by Crippen LogP contribution is -2.15. The molecule has 1 amide bonds. The quantitative estimate of drug-likeness (QED) is 0.671. The number of amides is 1. The van der Waals surface area contributed by atoms with Crippen LogP contribution in [0.2, 0.25) is 5.02 Å². The number of nitro benzene ring substituents is 1. The number of nitrogens with zero attached hydrogens (tertiary/aromatic N) is 1. The Labute approximate surface area is 122 Å². The smallest absolute Gasteiger partial charge is 0.282 e. The highest BCUT2D eigenvalue weighted by Crippen LogP contribution is 2.28. The van der Waals surface area contributed by atoms with E-state index in [2.05, 4.69) is 5.32 Å². The third-order valence-electron chi connectivity index (χ3n) is 2.62. The Balaban J connectivity index is 2.41. The van der Waals surface area contributed by atoms with Crippen LogP contribution in [0.1, 0.15) is 10.4 Å². The lowest BCUT2D eigenvalue weighted by atomic mass is 10.1. The number of nitrogens with one attached hydrogen (secondary N) is 1. The molecule has 0 aliphatic carbocycles. The summed E-state index contributed by atoms with van der Waals surface area (Å²) in [5, 5.41) is 22.3. The fourth-order valence-electron chi connectivity index (χ4n) is 1.66. The Morgan fingerprint density at radius 3 is 2.67 bits per heavy atom. The Morgan fingerprint density at radius 1 is 1.33 bits per heavy atom. The molecule has 2 aromatic carbocycles. The summed E-state index contributed by atoms with van der Waals surface area (Å²) < 4.78 is 13.6. The van der Waals surface area contributed by atoms with Crippen molar-refractivity contribution in [3.63, 3.8) is 0 Å². The van der Waals surface area contributed by atoms with Crippen molar-refractivity contribution in [2.24, 2.45) is 0 Å². The molecule has 0 fully saturated rings. The Kier molecular flexibility index (Phi) is 4.04. The van der Waals surface area contributed by atoms with E-state index in [1.165, 1.54) is 12.1 Å². The molecule has 21 heavy (non-hydrogen) atoms. The highest BCUT2D eigenvalue weighted by Gasteiger charge is 2.22. The van der Waals surface area contributed by atoms with Crippen LogP contribution in [0, 0.1) is 15.9 Å². The van der Waals surface area contributed by atoms with Crippen LogP contribution < -0.4 is 5.32 Å². The third-order valence-corrected chi connectivity index (χ3v) is 2.94. The van der Waals surface area contributed by atoms with Gasteiger partial charge in [-0.25, -0.2) is 4.39 Å². The van der Waals surface area contributed by atoms with Crippen LogP contribution in [0.5, 0.6) is 5.75 Å². The summed E-state index contributed by atoms with van der Waals surface area (Å²) in [6, 6.07) is 6.76. The predicted molar refractivity (Wildman–Crippen MR) is 74.1 cm³/mol. The van der Waals surface area contributed by atoms with Crippen molar-refractivity contribution in [3.05, 3.63) is 62.9 Å². The number of anilines is 1. The van der Waals surface area contributed by atoms with Crippen LogP contribution in [0.4, 0.5) is 15.8 Å². The summed E-state index contributed by atoms with van der Waals surface area (Å²) in [5.74, 6) is -2.06. The fourth-order valence-corrected chi connectivity index (χ4v) is 1.87. The van der Waals surface area contributed by atoms with Crippen LogP contribution in [0.25, 0.3) is 0 Å². The van der Waals surface area contributed by atoms with E-state index in [-0.39, 0.29) is 16.5 Å². The summed E-state index contributed by atoms with van der Waals surface area (Å²) in [4.78, 5) is 22.1. The Bertz CT molecular complexity index is 716. The maximum absolute atomic E-state index is 13.6. The molecule has 0 aliphatic rings. The van der Waals surface area contributed by atoms with E-state index < -0.39 is 27.9 Å². The molecule has 0 heterocycles. The molecule has 0 aliphatic heterocycles. The normalized spacial score (nSPS) is 10.2. The summed E-state index contributed by atoms with van der Waals surface area (Å²) >= 11 is 5.76. The second-order valence-corrected chi connectivity index (χ2v) is 4.42. The number of nitro groups is 1. The molecule has 6 nitrogen and oxygen atoms in total. The first-order valence-corrected chi connectivity index (χ1v) is 6.00. The number of halogens is 2. The first-order valence-electron chi connectivity index (χ1n) is 5.63. The van der Waals surface area contributed by atoms with Gasteiger partial charge in [0, 0.05) is 6.07 Å². The minimum absolute atomic E-state index is 0.0499. The number of carbonyl (C=O) groups excluding carboxylic acids is 1. The van der Waals surface area contributed by atoms with Gasteiger partial charge in [0.25, 0.3) is 11.6 Å². The van der Waals surface area contributed by atoms with Gasteiger partial charge in [0.05, 0.1) is 15.6 Å². The van der Waals surface area contributed by atoms with Crippen molar-refractivity contribution >= 4 is 28.9 Å². The van der Waals surface area contributed by atoms with Crippen LogP contribution in [0.15, 0.2) is 36.4 Å². The summed E-state index contributed by atoms with van der Waals surface area (Å²) in [6.45, 7) is 0. The molecule has 0 radical (unpaired) electrons. The van der Waals surface area contributed by atoms with E-state index in [0.29, 0.717) is 0 Å². The zero-order chi connectivity index (χ0) is 15.6. The molecule has 2 rings (SSSR count). The van der Waals surface area contributed by atoms with Crippen molar-refractivity contribution < 1.29 is 19.2 Å². The lowest BCUT2D eigenvalue weighted by Gasteiger charge is -2.08. The monoisotopic (exact) mass is 310 g/mol. The second kappa shape index (κ2) is 5.76. The summed E-state index contributed by atoms with van der Waals surface area (Å²) in [5.41, 5.74) is -1.21. The molecular formula is C13H8ClFN2O4.